The van der Waals surface area contributed by atoms with Gasteiger partial charge in [0.25, 0.3) is 0 Å². The average molecular weight is 320 g/mol. The summed E-state index contributed by atoms with van der Waals surface area (Å²) in [5.41, 5.74) is 0.999. The lowest BCUT2D eigenvalue weighted by molar-refractivity contribution is 0.0370. The third-order valence-corrected chi connectivity index (χ3v) is 4.41. The molecule has 2 N–H and O–H groups in total. The number of benzene rings is 1. The largest absolute Gasteiger partial charge is 0.387 e. The average Bonchev–Trinajstić information content (AvgIpc) is 2.58. The first-order valence-corrected chi connectivity index (χ1v) is 8.93. The molecule has 4 nitrogen and oxygen atoms in total. The summed E-state index contributed by atoms with van der Waals surface area (Å²) in [6.07, 6.45) is 1.64. The summed E-state index contributed by atoms with van der Waals surface area (Å²) in [6.45, 7) is 10.3. The minimum atomic E-state index is -0.443. The molecule has 0 bridgehead atoms. The molecule has 2 atom stereocenters. The number of ether oxygens (including phenoxy) is 1. The van der Waals surface area contributed by atoms with Crippen LogP contribution in [-0.4, -0.2) is 55.4 Å². The lowest BCUT2D eigenvalue weighted by Gasteiger charge is -2.28. The molecule has 1 aliphatic rings. The van der Waals surface area contributed by atoms with Crippen molar-refractivity contribution in [3.63, 3.8) is 0 Å². The van der Waals surface area contributed by atoms with Gasteiger partial charge in [0, 0.05) is 19.1 Å². The SMILES string of the molecule is CC(C)CC(NCCCN1CCOCC1)C(O)c1ccccc1. The second-order valence-electron chi connectivity index (χ2n) is 6.85. The number of aliphatic hydroxyl groups excluding tert-OH is 1. The van der Waals surface area contributed by atoms with Gasteiger partial charge in [-0.2, -0.15) is 0 Å². The van der Waals surface area contributed by atoms with Gasteiger partial charge in [-0.05, 0) is 37.4 Å². The van der Waals surface area contributed by atoms with Crippen molar-refractivity contribution in [2.75, 3.05) is 39.4 Å². The second-order valence-corrected chi connectivity index (χ2v) is 6.85. The van der Waals surface area contributed by atoms with E-state index in [0.717, 1.165) is 57.8 Å². The topological polar surface area (TPSA) is 44.7 Å². The molecule has 0 amide bonds. The van der Waals surface area contributed by atoms with E-state index in [1.165, 1.54) is 0 Å². The van der Waals surface area contributed by atoms with Crippen LogP contribution < -0.4 is 5.32 Å². The van der Waals surface area contributed by atoms with Gasteiger partial charge in [-0.15, -0.1) is 0 Å². The zero-order valence-corrected chi connectivity index (χ0v) is 14.6. The first-order valence-electron chi connectivity index (χ1n) is 8.93. The van der Waals surface area contributed by atoms with E-state index >= 15 is 0 Å². The van der Waals surface area contributed by atoms with Crippen molar-refractivity contribution in [2.45, 2.75) is 38.8 Å². The van der Waals surface area contributed by atoms with Crippen LogP contribution in [0.25, 0.3) is 0 Å². The van der Waals surface area contributed by atoms with E-state index in [2.05, 4.69) is 24.1 Å². The molecule has 0 spiro atoms. The highest BCUT2D eigenvalue weighted by Crippen LogP contribution is 2.21. The Kier molecular flexibility index (Phi) is 8.03. The van der Waals surface area contributed by atoms with Crippen molar-refractivity contribution in [1.82, 2.24) is 10.2 Å². The Morgan fingerprint density at radius 2 is 1.87 bits per heavy atom. The number of aliphatic hydroxyl groups is 1. The number of nitrogens with zero attached hydrogens (tertiary/aromatic N) is 1. The number of morpholine rings is 1. The number of nitrogens with one attached hydrogen (secondary N) is 1. The van der Waals surface area contributed by atoms with Crippen LogP contribution in [-0.2, 0) is 4.74 Å². The minimum Gasteiger partial charge on any atom is -0.387 e. The molecule has 0 saturated carbocycles. The highest BCUT2D eigenvalue weighted by Gasteiger charge is 2.21. The summed E-state index contributed by atoms with van der Waals surface area (Å²) in [7, 11) is 0. The molecular formula is C19H32N2O2. The predicted molar refractivity (Wildman–Crippen MR) is 94.5 cm³/mol. The van der Waals surface area contributed by atoms with Crippen molar-refractivity contribution in [3.8, 4) is 0 Å². The fourth-order valence-corrected chi connectivity index (χ4v) is 3.13. The zero-order chi connectivity index (χ0) is 16.5. The van der Waals surface area contributed by atoms with Gasteiger partial charge in [0.15, 0.2) is 0 Å². The molecule has 0 radical (unpaired) electrons. The smallest absolute Gasteiger partial charge is 0.0943 e. The van der Waals surface area contributed by atoms with E-state index in [0.29, 0.717) is 5.92 Å². The molecule has 23 heavy (non-hydrogen) atoms. The molecule has 1 saturated heterocycles. The molecule has 2 rings (SSSR count). The first kappa shape index (κ1) is 18.4. The lowest BCUT2D eigenvalue weighted by Crippen LogP contribution is -2.40. The van der Waals surface area contributed by atoms with Crippen LogP contribution >= 0.6 is 0 Å². The normalized spacial score (nSPS) is 19.0. The lowest BCUT2D eigenvalue weighted by atomic mass is 9.94. The Balaban J connectivity index is 1.78. The molecule has 1 aromatic rings. The Hall–Kier alpha value is -0.940. The summed E-state index contributed by atoms with van der Waals surface area (Å²) in [4.78, 5) is 2.45. The maximum absolute atomic E-state index is 10.7. The molecule has 4 heteroatoms. The maximum atomic E-state index is 10.7. The van der Waals surface area contributed by atoms with Crippen LogP contribution in [0.2, 0.25) is 0 Å². The highest BCUT2D eigenvalue weighted by atomic mass is 16.5. The number of hydrogen-bond donors (Lipinski definition) is 2. The molecule has 0 aromatic heterocycles. The predicted octanol–water partition coefficient (Wildman–Crippen LogP) is 2.45. The van der Waals surface area contributed by atoms with Crippen molar-refractivity contribution in [3.05, 3.63) is 35.9 Å². The maximum Gasteiger partial charge on any atom is 0.0943 e. The number of rotatable bonds is 9. The Morgan fingerprint density at radius 3 is 2.52 bits per heavy atom. The molecule has 1 aromatic carbocycles. The molecule has 130 valence electrons. The quantitative estimate of drug-likeness (QED) is 0.686. The first-order chi connectivity index (χ1) is 11.2. The standard InChI is InChI=1S/C19H32N2O2/c1-16(2)15-18(19(22)17-7-4-3-5-8-17)20-9-6-10-21-11-13-23-14-12-21/h3-5,7-8,16,18-20,22H,6,9-15H2,1-2H3. The summed E-state index contributed by atoms with van der Waals surface area (Å²) in [6, 6.07) is 10.1. The summed E-state index contributed by atoms with van der Waals surface area (Å²) < 4.78 is 5.38. The van der Waals surface area contributed by atoms with Crippen molar-refractivity contribution < 1.29 is 9.84 Å². The second kappa shape index (κ2) is 10.0. The third-order valence-electron chi connectivity index (χ3n) is 4.41. The Morgan fingerprint density at radius 1 is 1.17 bits per heavy atom. The molecular weight excluding hydrogens is 288 g/mol. The fraction of sp³-hybridized carbons (Fsp3) is 0.684. The van der Waals surface area contributed by atoms with Crippen LogP contribution in [0.1, 0.15) is 38.4 Å². The van der Waals surface area contributed by atoms with E-state index in [-0.39, 0.29) is 6.04 Å². The Labute approximate surface area is 140 Å². The molecule has 1 heterocycles. The van der Waals surface area contributed by atoms with E-state index in [4.69, 9.17) is 4.74 Å². The molecule has 2 unspecified atom stereocenters. The van der Waals surface area contributed by atoms with Crippen molar-refractivity contribution >= 4 is 0 Å². The summed E-state index contributed by atoms with van der Waals surface area (Å²) >= 11 is 0. The van der Waals surface area contributed by atoms with E-state index < -0.39 is 6.10 Å². The van der Waals surface area contributed by atoms with E-state index in [1.54, 1.807) is 0 Å². The van der Waals surface area contributed by atoms with Crippen molar-refractivity contribution in [2.24, 2.45) is 5.92 Å². The minimum absolute atomic E-state index is 0.113. The van der Waals surface area contributed by atoms with Crippen molar-refractivity contribution in [1.29, 1.82) is 0 Å². The Bertz CT molecular complexity index is 419. The van der Waals surface area contributed by atoms with Gasteiger partial charge in [0.2, 0.25) is 0 Å². The van der Waals surface area contributed by atoms with Crippen LogP contribution in [0, 0.1) is 5.92 Å². The third kappa shape index (κ3) is 6.60. The summed E-state index contributed by atoms with van der Waals surface area (Å²) in [5, 5.41) is 14.3. The van der Waals surface area contributed by atoms with Crippen LogP contribution in [0.4, 0.5) is 0 Å². The van der Waals surface area contributed by atoms with Gasteiger partial charge in [-0.25, -0.2) is 0 Å². The summed E-state index contributed by atoms with van der Waals surface area (Å²) in [5.74, 6) is 0.560. The fourth-order valence-electron chi connectivity index (χ4n) is 3.13. The highest BCUT2D eigenvalue weighted by molar-refractivity contribution is 5.18. The van der Waals surface area contributed by atoms with Crippen LogP contribution in [0.15, 0.2) is 30.3 Å². The van der Waals surface area contributed by atoms with Crippen LogP contribution in [0.5, 0.6) is 0 Å². The van der Waals surface area contributed by atoms with Gasteiger partial charge >= 0.3 is 0 Å². The molecule has 0 aliphatic carbocycles. The van der Waals surface area contributed by atoms with E-state index in [1.807, 2.05) is 30.3 Å². The van der Waals surface area contributed by atoms with E-state index in [9.17, 15) is 5.11 Å². The van der Waals surface area contributed by atoms with Gasteiger partial charge in [-0.1, -0.05) is 44.2 Å². The van der Waals surface area contributed by atoms with Crippen LogP contribution in [0.3, 0.4) is 0 Å². The van der Waals surface area contributed by atoms with Gasteiger partial charge in [-0.3, -0.25) is 4.90 Å². The van der Waals surface area contributed by atoms with Gasteiger partial charge in [0.1, 0.15) is 0 Å². The molecule has 1 fully saturated rings. The monoisotopic (exact) mass is 320 g/mol. The van der Waals surface area contributed by atoms with Gasteiger partial charge in [0.05, 0.1) is 19.3 Å². The van der Waals surface area contributed by atoms with Gasteiger partial charge < -0.3 is 15.2 Å². The zero-order valence-electron chi connectivity index (χ0n) is 14.6. The molecule has 1 aliphatic heterocycles. The number of hydrogen-bond acceptors (Lipinski definition) is 4.